The molecular formula is C24H26FN3O4. The Morgan fingerprint density at radius 3 is 2.69 bits per heavy atom. The van der Waals surface area contributed by atoms with Crippen molar-refractivity contribution in [3.05, 3.63) is 59.0 Å². The van der Waals surface area contributed by atoms with E-state index in [0.717, 1.165) is 11.0 Å². The van der Waals surface area contributed by atoms with Crippen molar-refractivity contribution in [1.82, 2.24) is 9.88 Å². The summed E-state index contributed by atoms with van der Waals surface area (Å²) in [6, 6.07) is 11.3. The van der Waals surface area contributed by atoms with Crippen LogP contribution in [0.2, 0.25) is 0 Å². The summed E-state index contributed by atoms with van der Waals surface area (Å²) in [6.45, 7) is 7.36. The van der Waals surface area contributed by atoms with Crippen molar-refractivity contribution in [2.24, 2.45) is 0 Å². The second-order valence-corrected chi connectivity index (χ2v) is 9.08. The van der Waals surface area contributed by atoms with Crippen LogP contribution in [0.15, 0.2) is 36.4 Å². The average molecular weight is 439 g/mol. The molecule has 1 fully saturated rings. The standard InChI is InChI=1S/C24H26FN3O4/c1-23(2,3)32-22(30)28-11-10-24(4,13-21(28)29)19-6-5-7-20(27-19)31-15-17-9-8-16(14-26)12-18(17)25/h5-9,12H,10-11,13,15H2,1-4H3. The van der Waals surface area contributed by atoms with Crippen molar-refractivity contribution in [2.75, 3.05) is 6.54 Å². The highest BCUT2D eigenvalue weighted by molar-refractivity contribution is 5.93. The fourth-order valence-electron chi connectivity index (χ4n) is 3.45. The zero-order chi connectivity index (χ0) is 23.5. The van der Waals surface area contributed by atoms with E-state index in [9.17, 15) is 14.0 Å². The Hall–Kier alpha value is -3.47. The quantitative estimate of drug-likeness (QED) is 0.697. The maximum Gasteiger partial charge on any atom is 0.417 e. The molecule has 1 aromatic heterocycles. The number of carbonyl (C=O) groups excluding carboxylic acids is 2. The van der Waals surface area contributed by atoms with Gasteiger partial charge < -0.3 is 9.47 Å². The van der Waals surface area contributed by atoms with Gasteiger partial charge in [-0.3, -0.25) is 4.79 Å². The van der Waals surface area contributed by atoms with E-state index in [1.165, 1.54) is 12.1 Å². The number of nitriles is 1. The van der Waals surface area contributed by atoms with E-state index in [0.29, 0.717) is 23.6 Å². The summed E-state index contributed by atoms with van der Waals surface area (Å²) in [5.74, 6) is -0.539. The van der Waals surface area contributed by atoms with Gasteiger partial charge in [-0.05, 0) is 45.4 Å². The molecule has 7 nitrogen and oxygen atoms in total. The lowest BCUT2D eigenvalue weighted by molar-refractivity contribution is -0.134. The summed E-state index contributed by atoms with van der Waals surface area (Å²) >= 11 is 0. The summed E-state index contributed by atoms with van der Waals surface area (Å²) < 4.78 is 25.1. The van der Waals surface area contributed by atoms with Crippen LogP contribution in [0.25, 0.3) is 0 Å². The van der Waals surface area contributed by atoms with Gasteiger partial charge in [-0.15, -0.1) is 0 Å². The number of rotatable bonds is 4. The Morgan fingerprint density at radius 2 is 2.06 bits per heavy atom. The first-order chi connectivity index (χ1) is 15.0. The lowest BCUT2D eigenvalue weighted by Crippen LogP contribution is -2.49. The van der Waals surface area contributed by atoms with Gasteiger partial charge in [0, 0.05) is 30.0 Å². The number of carbonyl (C=O) groups is 2. The molecule has 1 aliphatic rings. The first kappa shape index (κ1) is 23.2. The summed E-state index contributed by atoms with van der Waals surface area (Å²) in [7, 11) is 0. The maximum atomic E-state index is 14.1. The molecule has 1 aliphatic heterocycles. The highest BCUT2D eigenvalue weighted by Gasteiger charge is 2.41. The van der Waals surface area contributed by atoms with Gasteiger partial charge in [0.2, 0.25) is 11.8 Å². The number of likely N-dealkylation sites (tertiary alicyclic amines) is 1. The number of ether oxygens (including phenoxy) is 2. The van der Waals surface area contributed by atoms with Crippen LogP contribution in [0.5, 0.6) is 5.88 Å². The molecule has 2 heterocycles. The number of halogens is 1. The molecule has 0 bridgehead atoms. The molecule has 32 heavy (non-hydrogen) atoms. The highest BCUT2D eigenvalue weighted by atomic mass is 19.1. The lowest BCUT2D eigenvalue weighted by atomic mass is 9.77. The largest absolute Gasteiger partial charge is 0.473 e. The van der Waals surface area contributed by atoms with E-state index < -0.39 is 22.9 Å². The second kappa shape index (κ2) is 8.95. The van der Waals surface area contributed by atoms with E-state index in [2.05, 4.69) is 4.98 Å². The number of hydrogen-bond acceptors (Lipinski definition) is 6. The van der Waals surface area contributed by atoms with Gasteiger partial charge in [0.15, 0.2) is 0 Å². The Kier molecular flexibility index (Phi) is 6.49. The van der Waals surface area contributed by atoms with Crippen molar-refractivity contribution in [3.63, 3.8) is 0 Å². The Morgan fingerprint density at radius 1 is 1.31 bits per heavy atom. The number of aromatic nitrogens is 1. The molecule has 2 aromatic rings. The van der Waals surface area contributed by atoms with E-state index in [1.54, 1.807) is 32.9 Å². The zero-order valence-corrected chi connectivity index (χ0v) is 18.6. The van der Waals surface area contributed by atoms with Gasteiger partial charge >= 0.3 is 6.09 Å². The molecule has 168 valence electrons. The monoisotopic (exact) mass is 439 g/mol. The first-order valence-electron chi connectivity index (χ1n) is 10.3. The summed E-state index contributed by atoms with van der Waals surface area (Å²) in [5, 5.41) is 8.84. The van der Waals surface area contributed by atoms with Gasteiger partial charge in [-0.25, -0.2) is 19.1 Å². The Balaban J connectivity index is 1.69. The van der Waals surface area contributed by atoms with Crippen molar-refractivity contribution >= 4 is 12.0 Å². The Bertz CT molecular complexity index is 1070. The number of piperidine rings is 1. The fourth-order valence-corrected chi connectivity index (χ4v) is 3.45. The number of nitrogens with zero attached hydrogens (tertiary/aromatic N) is 3. The summed E-state index contributed by atoms with van der Waals surface area (Å²) in [6.07, 6.45) is -0.00919. The SMILES string of the molecule is CC(C)(C)OC(=O)N1CCC(C)(c2cccc(OCc3ccc(C#N)cc3F)n2)CC1=O. The molecule has 0 aliphatic carbocycles. The maximum absolute atomic E-state index is 14.1. The lowest BCUT2D eigenvalue weighted by Gasteiger charge is -2.37. The third-order valence-corrected chi connectivity index (χ3v) is 5.24. The number of amides is 2. The number of pyridine rings is 1. The van der Waals surface area contributed by atoms with Crippen LogP contribution in [-0.4, -0.2) is 34.0 Å². The van der Waals surface area contributed by atoms with E-state index >= 15 is 0 Å². The van der Waals surface area contributed by atoms with Crippen LogP contribution in [0.1, 0.15) is 57.4 Å². The van der Waals surface area contributed by atoms with Crippen LogP contribution < -0.4 is 4.74 Å². The van der Waals surface area contributed by atoms with Crippen LogP contribution in [-0.2, 0) is 21.6 Å². The fraction of sp³-hybridized carbons (Fsp3) is 0.417. The molecule has 0 saturated carbocycles. The van der Waals surface area contributed by atoms with Gasteiger partial charge in [0.25, 0.3) is 0 Å². The summed E-state index contributed by atoms with van der Waals surface area (Å²) in [5.41, 5.74) is -0.0496. The van der Waals surface area contributed by atoms with Crippen molar-refractivity contribution < 1.29 is 23.5 Å². The second-order valence-electron chi connectivity index (χ2n) is 9.08. The average Bonchev–Trinajstić information content (AvgIpc) is 2.71. The number of benzene rings is 1. The van der Waals surface area contributed by atoms with Gasteiger partial charge in [0.05, 0.1) is 17.3 Å². The molecule has 3 rings (SSSR count). The number of imide groups is 1. The van der Waals surface area contributed by atoms with Crippen LogP contribution in [0, 0.1) is 17.1 Å². The van der Waals surface area contributed by atoms with Gasteiger partial charge in [-0.1, -0.05) is 19.1 Å². The van der Waals surface area contributed by atoms with Crippen LogP contribution >= 0.6 is 0 Å². The third-order valence-electron chi connectivity index (χ3n) is 5.24. The molecule has 1 saturated heterocycles. The Labute approximate surface area is 186 Å². The van der Waals surface area contributed by atoms with Crippen molar-refractivity contribution in [3.8, 4) is 11.9 Å². The van der Waals surface area contributed by atoms with Crippen molar-refractivity contribution in [1.29, 1.82) is 5.26 Å². The van der Waals surface area contributed by atoms with E-state index in [1.807, 2.05) is 19.1 Å². The molecule has 1 atom stereocenters. The molecule has 1 unspecified atom stereocenters. The topological polar surface area (TPSA) is 92.5 Å². The minimum Gasteiger partial charge on any atom is -0.473 e. The third kappa shape index (κ3) is 5.41. The predicted octanol–water partition coefficient (Wildman–Crippen LogP) is 4.49. The van der Waals surface area contributed by atoms with Crippen LogP contribution in [0.4, 0.5) is 9.18 Å². The number of hydrogen-bond donors (Lipinski definition) is 0. The molecule has 1 aromatic carbocycles. The summed E-state index contributed by atoms with van der Waals surface area (Å²) in [4.78, 5) is 30.7. The van der Waals surface area contributed by atoms with Gasteiger partial charge in [0.1, 0.15) is 18.0 Å². The minimum absolute atomic E-state index is 0.0456. The van der Waals surface area contributed by atoms with E-state index in [-0.39, 0.29) is 31.0 Å². The minimum atomic E-state index is -0.681. The molecule has 0 N–H and O–H groups in total. The smallest absolute Gasteiger partial charge is 0.417 e. The molecule has 8 heteroatoms. The normalized spacial score (nSPS) is 18.8. The predicted molar refractivity (Wildman–Crippen MR) is 114 cm³/mol. The molecule has 0 spiro atoms. The van der Waals surface area contributed by atoms with E-state index in [4.69, 9.17) is 14.7 Å². The molecule has 0 radical (unpaired) electrons. The van der Waals surface area contributed by atoms with Crippen LogP contribution in [0.3, 0.4) is 0 Å². The highest BCUT2D eigenvalue weighted by Crippen LogP contribution is 2.35. The van der Waals surface area contributed by atoms with Crippen molar-refractivity contribution in [2.45, 2.75) is 58.2 Å². The molecule has 2 amide bonds. The van der Waals surface area contributed by atoms with Gasteiger partial charge in [-0.2, -0.15) is 5.26 Å². The first-order valence-corrected chi connectivity index (χ1v) is 10.3. The zero-order valence-electron chi connectivity index (χ0n) is 18.6. The molecular weight excluding hydrogens is 413 g/mol.